The Morgan fingerprint density at radius 2 is 2.09 bits per heavy atom. The highest BCUT2D eigenvalue weighted by Crippen LogP contribution is 2.37. The van der Waals surface area contributed by atoms with Gasteiger partial charge < -0.3 is 19.2 Å². The number of rotatable bonds is 6. The molecule has 1 atom stereocenters. The van der Waals surface area contributed by atoms with Gasteiger partial charge in [0.15, 0.2) is 0 Å². The molecule has 0 amide bonds. The average Bonchev–Trinajstić information content (AvgIpc) is 3.40. The minimum atomic E-state index is -1.70. The number of aromatic carboxylic acids is 1. The van der Waals surface area contributed by atoms with E-state index in [1.165, 1.54) is 7.11 Å². The Kier molecular flexibility index (Phi) is 5.20. The molecular formula is C23H16N3O4S2-. The molecule has 0 saturated heterocycles. The van der Waals surface area contributed by atoms with Gasteiger partial charge in [0, 0.05) is 27.7 Å². The normalized spacial score (nSPS) is 12.3. The largest absolute Gasteiger partial charge is 0.544 e. The Hall–Kier alpha value is -3.56. The molecule has 1 unspecified atom stereocenters. The number of ether oxygens (including phenoxy) is 1. The van der Waals surface area contributed by atoms with Crippen molar-refractivity contribution in [1.82, 2.24) is 14.5 Å². The van der Waals surface area contributed by atoms with E-state index < -0.39 is 16.8 Å². The number of carbonyl (C=O) groups excluding carboxylic acids is 1. The molecule has 0 N–H and O–H groups in total. The third-order valence-electron chi connectivity index (χ3n) is 5.11. The molecule has 0 aliphatic carbocycles. The van der Waals surface area contributed by atoms with Gasteiger partial charge >= 0.3 is 0 Å². The number of hydrogen-bond donors (Lipinski definition) is 0. The van der Waals surface area contributed by atoms with E-state index in [1.807, 2.05) is 28.8 Å². The van der Waals surface area contributed by atoms with E-state index in [2.05, 4.69) is 9.97 Å². The lowest BCUT2D eigenvalue weighted by Gasteiger charge is -2.08. The zero-order valence-corrected chi connectivity index (χ0v) is 18.5. The molecule has 0 spiro atoms. The van der Waals surface area contributed by atoms with Crippen molar-refractivity contribution in [1.29, 1.82) is 0 Å². The van der Waals surface area contributed by atoms with Gasteiger partial charge in [-0.05, 0) is 35.9 Å². The van der Waals surface area contributed by atoms with E-state index in [9.17, 15) is 14.1 Å². The molecule has 0 fully saturated rings. The first-order chi connectivity index (χ1) is 15.5. The van der Waals surface area contributed by atoms with E-state index in [0.717, 1.165) is 32.6 Å². The Balaban J connectivity index is 1.57. The van der Waals surface area contributed by atoms with Gasteiger partial charge in [0.05, 0.1) is 57.2 Å². The van der Waals surface area contributed by atoms with Crippen LogP contribution in [0.15, 0.2) is 77.0 Å². The van der Waals surface area contributed by atoms with Crippen LogP contribution in [0.3, 0.4) is 0 Å². The zero-order chi connectivity index (χ0) is 22.2. The van der Waals surface area contributed by atoms with Crippen LogP contribution in [0.5, 0.6) is 5.75 Å². The lowest BCUT2D eigenvalue weighted by molar-refractivity contribution is -0.254. The summed E-state index contributed by atoms with van der Waals surface area (Å²) in [5, 5.41) is 12.5. The molecule has 7 nitrogen and oxygen atoms in total. The summed E-state index contributed by atoms with van der Waals surface area (Å²) < 4.78 is 21.3. The molecule has 2 aromatic carbocycles. The summed E-state index contributed by atoms with van der Waals surface area (Å²) in [6, 6.07) is 14.3. The maximum atomic E-state index is 13.4. The van der Waals surface area contributed by atoms with Crippen LogP contribution in [-0.2, 0) is 17.3 Å². The molecule has 3 heterocycles. The standard InChI is InChI=1S/C23H17N3O4S2/c1-30-15-3-2-4-16(10-15)32(29)22-17-6-5-14(9-20(17)31-21(22)23(27)28)12-26-13-25-18-7-8-24-11-19(18)26/h2-11,13H,12H2,1H3,(H,27,28)/p-1. The Morgan fingerprint density at radius 3 is 2.91 bits per heavy atom. The van der Waals surface area contributed by atoms with E-state index in [0.29, 0.717) is 22.6 Å². The average molecular weight is 463 g/mol. The van der Waals surface area contributed by atoms with E-state index in [1.54, 1.807) is 43.0 Å². The summed E-state index contributed by atoms with van der Waals surface area (Å²) in [7, 11) is -0.181. The first kappa shape index (κ1) is 20.3. The van der Waals surface area contributed by atoms with Crippen molar-refractivity contribution in [2.24, 2.45) is 0 Å². The third kappa shape index (κ3) is 3.55. The number of aromatic nitrogens is 3. The molecule has 0 saturated carbocycles. The van der Waals surface area contributed by atoms with Crippen LogP contribution in [0.25, 0.3) is 21.1 Å². The monoisotopic (exact) mass is 462 g/mol. The van der Waals surface area contributed by atoms with Crippen LogP contribution in [0.4, 0.5) is 0 Å². The Morgan fingerprint density at radius 1 is 1.22 bits per heavy atom. The Labute approximate surface area is 189 Å². The number of carbonyl (C=O) groups is 1. The molecule has 0 aliphatic rings. The van der Waals surface area contributed by atoms with Crippen LogP contribution >= 0.6 is 11.3 Å². The van der Waals surface area contributed by atoms with Gasteiger partial charge in [0.1, 0.15) is 5.75 Å². The fraction of sp³-hybridized carbons (Fsp3) is 0.0870. The highest BCUT2D eigenvalue weighted by Gasteiger charge is 2.21. The van der Waals surface area contributed by atoms with E-state index >= 15 is 0 Å². The van der Waals surface area contributed by atoms with E-state index in [4.69, 9.17) is 4.74 Å². The second-order valence-electron chi connectivity index (χ2n) is 7.06. The van der Waals surface area contributed by atoms with Gasteiger partial charge in [-0.3, -0.25) is 4.98 Å². The first-order valence-corrected chi connectivity index (χ1v) is 11.6. The molecule has 5 aromatic rings. The maximum absolute atomic E-state index is 13.4. The van der Waals surface area contributed by atoms with E-state index in [-0.39, 0.29) is 9.77 Å². The number of pyridine rings is 1. The lowest BCUT2D eigenvalue weighted by Crippen LogP contribution is -2.22. The lowest BCUT2D eigenvalue weighted by atomic mass is 10.1. The number of hydrogen-bond acceptors (Lipinski definition) is 7. The van der Waals surface area contributed by atoms with Crippen molar-refractivity contribution >= 4 is 49.2 Å². The van der Waals surface area contributed by atoms with Crippen molar-refractivity contribution in [2.45, 2.75) is 16.3 Å². The minimum Gasteiger partial charge on any atom is -0.544 e. The predicted molar refractivity (Wildman–Crippen MR) is 120 cm³/mol. The summed E-state index contributed by atoms with van der Waals surface area (Å²) >= 11 is 1.07. The third-order valence-corrected chi connectivity index (χ3v) is 7.85. The number of nitrogens with zero attached hydrogens (tertiary/aromatic N) is 3. The number of imidazole rings is 1. The molecule has 0 aliphatic heterocycles. The molecule has 160 valence electrons. The highest BCUT2D eigenvalue weighted by molar-refractivity contribution is 7.85. The fourth-order valence-electron chi connectivity index (χ4n) is 3.59. The molecule has 0 bridgehead atoms. The van der Waals surface area contributed by atoms with Crippen molar-refractivity contribution in [3.05, 3.63) is 77.7 Å². The van der Waals surface area contributed by atoms with Gasteiger partial charge in [-0.15, -0.1) is 11.3 Å². The van der Waals surface area contributed by atoms with Crippen LogP contribution in [0.1, 0.15) is 15.2 Å². The van der Waals surface area contributed by atoms with Crippen molar-refractivity contribution in [2.75, 3.05) is 7.11 Å². The van der Waals surface area contributed by atoms with Crippen molar-refractivity contribution < 1.29 is 18.8 Å². The number of carboxylic acids is 1. The smallest absolute Gasteiger partial charge is 0.120 e. The Bertz CT molecular complexity index is 1510. The number of methoxy groups -OCH3 is 1. The number of carboxylic acid groups (broad SMARTS) is 1. The summed E-state index contributed by atoms with van der Waals surface area (Å²) in [6.45, 7) is 0.547. The van der Waals surface area contributed by atoms with Crippen molar-refractivity contribution in [3.8, 4) is 5.75 Å². The molecule has 5 rings (SSSR count). The summed E-state index contributed by atoms with van der Waals surface area (Å²) in [4.78, 5) is 21.1. The number of benzene rings is 2. The van der Waals surface area contributed by atoms with Crippen LogP contribution in [0, 0.1) is 0 Å². The summed E-state index contributed by atoms with van der Waals surface area (Å²) in [5.74, 6) is -0.791. The molecule has 32 heavy (non-hydrogen) atoms. The van der Waals surface area contributed by atoms with Gasteiger partial charge in [0.2, 0.25) is 0 Å². The van der Waals surface area contributed by atoms with Crippen LogP contribution < -0.4 is 9.84 Å². The number of thiophene rings is 1. The first-order valence-electron chi connectivity index (χ1n) is 9.62. The zero-order valence-electron chi connectivity index (χ0n) is 16.8. The molecule has 9 heteroatoms. The van der Waals surface area contributed by atoms with Gasteiger partial charge in [-0.1, -0.05) is 18.2 Å². The van der Waals surface area contributed by atoms with Gasteiger partial charge in [-0.2, -0.15) is 0 Å². The second-order valence-corrected chi connectivity index (χ2v) is 9.53. The highest BCUT2D eigenvalue weighted by atomic mass is 32.2. The van der Waals surface area contributed by atoms with Gasteiger partial charge in [-0.25, -0.2) is 9.19 Å². The quantitative estimate of drug-likeness (QED) is 0.384. The molecule has 0 radical (unpaired) electrons. The maximum Gasteiger partial charge on any atom is 0.120 e. The van der Waals surface area contributed by atoms with Crippen LogP contribution in [-0.4, -0.2) is 31.8 Å². The predicted octanol–water partition coefficient (Wildman–Crippen LogP) is 3.23. The molecule has 3 aromatic heterocycles. The van der Waals surface area contributed by atoms with Gasteiger partial charge in [0.25, 0.3) is 0 Å². The SMILES string of the molecule is COc1cccc(S(=O)c2c(C(=O)[O-])sc3cc(Cn4cnc5ccncc54)ccc23)c1. The second kappa shape index (κ2) is 8.18. The fourth-order valence-corrected chi connectivity index (χ4v) is 6.30. The minimum absolute atomic E-state index is 0.0319. The summed E-state index contributed by atoms with van der Waals surface area (Å²) in [5.41, 5.74) is 2.73. The number of fused-ring (bicyclic) bond motifs is 2. The van der Waals surface area contributed by atoms with Crippen LogP contribution in [0.2, 0.25) is 0 Å². The topological polar surface area (TPSA) is 97.1 Å². The summed E-state index contributed by atoms with van der Waals surface area (Å²) in [6.07, 6.45) is 5.21. The molecular weight excluding hydrogens is 446 g/mol. The van der Waals surface area contributed by atoms with Crippen molar-refractivity contribution in [3.63, 3.8) is 0 Å².